The van der Waals surface area contributed by atoms with Crippen LogP contribution in [0.25, 0.3) is 16.8 Å². The fraction of sp³-hybridized carbons (Fsp3) is 0.167. The fourth-order valence-electron chi connectivity index (χ4n) is 2.34. The number of aryl methyl sites for hydroxylation is 1. The zero-order valence-electron chi connectivity index (χ0n) is 12.3. The summed E-state index contributed by atoms with van der Waals surface area (Å²) in [6.07, 6.45) is 0. The van der Waals surface area contributed by atoms with Gasteiger partial charge in [0, 0.05) is 25.8 Å². The minimum absolute atomic E-state index is 0. The summed E-state index contributed by atoms with van der Waals surface area (Å²) in [6, 6.07) is 19.8. The van der Waals surface area contributed by atoms with Crippen molar-refractivity contribution in [1.82, 2.24) is 9.78 Å². The van der Waals surface area contributed by atoms with Gasteiger partial charge in [-0.25, -0.2) is 0 Å². The Balaban J connectivity index is 0.00000161. The molecule has 0 aliphatic heterocycles. The molecule has 0 aliphatic carbocycles. The zero-order chi connectivity index (χ0) is 14.1. The molecule has 0 saturated carbocycles. The van der Waals surface area contributed by atoms with Gasteiger partial charge in [0.1, 0.15) is 0 Å². The van der Waals surface area contributed by atoms with Crippen LogP contribution in [0.4, 0.5) is 0 Å². The minimum Gasteiger partial charge on any atom is -0.262 e. The zero-order valence-corrected chi connectivity index (χ0v) is 14.7. The molecule has 3 aromatic rings. The molecular weight excluding hydrogens is 436 g/mol. The van der Waals surface area contributed by atoms with Gasteiger partial charge in [0.05, 0.1) is 5.69 Å². The molecule has 3 heteroatoms. The second-order valence-electron chi connectivity index (χ2n) is 5.04. The molecule has 2 nitrogen and oxygen atoms in total. The van der Waals surface area contributed by atoms with Crippen LogP contribution in [-0.4, -0.2) is 9.78 Å². The molecule has 0 N–H and O–H groups in total. The summed E-state index contributed by atoms with van der Waals surface area (Å²) < 4.78 is 1.97. The van der Waals surface area contributed by atoms with Crippen molar-refractivity contribution in [2.45, 2.75) is 20.8 Å². The van der Waals surface area contributed by atoms with Crippen LogP contribution in [0.15, 0.2) is 48.5 Å². The molecule has 0 atom stereocenters. The Hall–Kier alpha value is -1.70. The van der Waals surface area contributed by atoms with Crippen LogP contribution in [0.3, 0.4) is 0 Å². The van der Waals surface area contributed by atoms with E-state index in [4.69, 9.17) is 0 Å². The number of rotatable bonds is 2. The van der Waals surface area contributed by atoms with Crippen LogP contribution < -0.4 is 0 Å². The largest absolute Gasteiger partial charge is 0.262 e. The van der Waals surface area contributed by atoms with E-state index in [2.05, 4.69) is 61.4 Å². The topological polar surface area (TPSA) is 17.8 Å². The van der Waals surface area contributed by atoms with E-state index >= 15 is 0 Å². The molecule has 3 rings (SSSR count). The number of hydrogen-bond donors (Lipinski definition) is 0. The van der Waals surface area contributed by atoms with Crippen molar-refractivity contribution < 1.29 is 20.1 Å². The van der Waals surface area contributed by atoms with E-state index in [1.807, 2.05) is 23.7 Å². The number of hydrogen-bond acceptors (Lipinski definition) is 1. The summed E-state index contributed by atoms with van der Waals surface area (Å²) in [5, 5.41) is 4.60. The summed E-state index contributed by atoms with van der Waals surface area (Å²) in [7, 11) is 0. The smallest absolute Gasteiger partial charge is 0.0629 e. The Labute approximate surface area is 139 Å². The number of nitrogens with zero attached hydrogens (tertiary/aromatic N) is 2. The SMILES string of the molecule is Cc1nn(-c2[c-]ccc(-c3ccccc3)c2)c(C)c1C.[Ir]. The van der Waals surface area contributed by atoms with E-state index < -0.39 is 0 Å². The Morgan fingerprint density at radius 2 is 1.67 bits per heavy atom. The Morgan fingerprint density at radius 3 is 2.29 bits per heavy atom. The van der Waals surface area contributed by atoms with Crippen molar-refractivity contribution in [2.75, 3.05) is 0 Å². The Kier molecular flexibility index (Phi) is 4.76. The van der Waals surface area contributed by atoms with E-state index in [0.29, 0.717) is 0 Å². The summed E-state index contributed by atoms with van der Waals surface area (Å²) >= 11 is 0. The number of aromatic nitrogens is 2. The summed E-state index contributed by atoms with van der Waals surface area (Å²) in [4.78, 5) is 0. The van der Waals surface area contributed by atoms with Crippen LogP contribution >= 0.6 is 0 Å². The van der Waals surface area contributed by atoms with Gasteiger partial charge in [-0.15, -0.1) is 11.6 Å². The second-order valence-corrected chi connectivity index (χ2v) is 5.04. The van der Waals surface area contributed by atoms with Crippen LogP contribution in [0.1, 0.15) is 17.0 Å². The van der Waals surface area contributed by atoms with Gasteiger partial charge in [0.15, 0.2) is 0 Å². The van der Waals surface area contributed by atoms with Crippen LogP contribution in [0.2, 0.25) is 0 Å². The molecule has 21 heavy (non-hydrogen) atoms. The third-order valence-electron chi connectivity index (χ3n) is 3.77. The van der Waals surface area contributed by atoms with E-state index in [1.54, 1.807) is 0 Å². The van der Waals surface area contributed by atoms with Crippen LogP contribution in [-0.2, 0) is 20.1 Å². The maximum atomic E-state index is 4.60. The average Bonchev–Trinajstić information content (AvgIpc) is 2.76. The predicted molar refractivity (Wildman–Crippen MR) is 82.0 cm³/mol. The second kappa shape index (κ2) is 6.38. The van der Waals surface area contributed by atoms with E-state index in [0.717, 1.165) is 11.4 Å². The van der Waals surface area contributed by atoms with Gasteiger partial charge in [0.2, 0.25) is 0 Å². The van der Waals surface area contributed by atoms with Gasteiger partial charge in [-0.2, -0.15) is 23.3 Å². The Bertz CT molecular complexity index is 745. The quantitative estimate of drug-likeness (QED) is 0.530. The van der Waals surface area contributed by atoms with Crippen molar-refractivity contribution in [1.29, 1.82) is 0 Å². The molecule has 0 bridgehead atoms. The first-order valence-corrected chi connectivity index (χ1v) is 6.77. The summed E-state index contributed by atoms with van der Waals surface area (Å²) in [6.45, 7) is 6.24. The maximum absolute atomic E-state index is 4.60. The molecule has 0 amide bonds. The van der Waals surface area contributed by atoms with Gasteiger partial charge in [0.25, 0.3) is 0 Å². The maximum Gasteiger partial charge on any atom is 0.0629 e. The molecule has 109 valence electrons. The van der Waals surface area contributed by atoms with Crippen molar-refractivity contribution in [3.05, 3.63) is 71.5 Å². The van der Waals surface area contributed by atoms with Crippen LogP contribution in [0.5, 0.6) is 0 Å². The summed E-state index contributed by atoms with van der Waals surface area (Å²) in [5.74, 6) is 0. The first kappa shape index (κ1) is 15.7. The van der Waals surface area contributed by atoms with E-state index in [1.165, 1.54) is 22.4 Å². The van der Waals surface area contributed by atoms with Crippen molar-refractivity contribution >= 4 is 0 Å². The number of benzene rings is 2. The van der Waals surface area contributed by atoms with Gasteiger partial charge in [-0.05, 0) is 37.6 Å². The first-order valence-electron chi connectivity index (χ1n) is 6.77. The van der Waals surface area contributed by atoms with E-state index in [9.17, 15) is 0 Å². The molecule has 2 aromatic carbocycles. The third-order valence-corrected chi connectivity index (χ3v) is 3.77. The average molecular weight is 454 g/mol. The molecule has 0 aliphatic rings. The molecule has 1 heterocycles. The van der Waals surface area contributed by atoms with Crippen LogP contribution in [0, 0.1) is 26.8 Å². The van der Waals surface area contributed by atoms with Crippen molar-refractivity contribution in [3.8, 4) is 16.8 Å². The Morgan fingerprint density at radius 1 is 0.952 bits per heavy atom. The van der Waals surface area contributed by atoms with Crippen molar-refractivity contribution in [3.63, 3.8) is 0 Å². The molecule has 1 radical (unpaired) electrons. The predicted octanol–water partition coefficient (Wildman–Crippen LogP) is 4.26. The first-order chi connectivity index (χ1) is 9.66. The fourth-order valence-corrected chi connectivity index (χ4v) is 2.34. The third kappa shape index (κ3) is 2.99. The van der Waals surface area contributed by atoms with Gasteiger partial charge < -0.3 is 0 Å². The molecule has 0 saturated heterocycles. The molecule has 1 aromatic heterocycles. The molecular formula is C18H17IrN2-. The normalized spacial score (nSPS) is 10.2. The van der Waals surface area contributed by atoms with Gasteiger partial charge in [-0.3, -0.25) is 4.68 Å². The monoisotopic (exact) mass is 454 g/mol. The van der Waals surface area contributed by atoms with E-state index in [-0.39, 0.29) is 20.1 Å². The van der Waals surface area contributed by atoms with Gasteiger partial charge >= 0.3 is 0 Å². The van der Waals surface area contributed by atoms with Gasteiger partial charge in [-0.1, -0.05) is 30.3 Å². The summed E-state index contributed by atoms with van der Waals surface area (Å²) in [5.41, 5.74) is 6.86. The molecule has 0 unspecified atom stereocenters. The molecule has 0 spiro atoms. The van der Waals surface area contributed by atoms with Crippen molar-refractivity contribution in [2.24, 2.45) is 0 Å². The standard InChI is InChI=1S/C18H17N2.Ir/c1-13-14(2)19-20(15(13)3)18-11-7-10-17(12-18)16-8-5-4-6-9-16;/h4-10,12H,1-3H3;/q-1;. The minimum atomic E-state index is 0. The molecule has 0 fully saturated rings.